The Morgan fingerprint density at radius 3 is 1.68 bits per heavy atom. The molecular weight excluding hydrogens is 955 g/mol. The lowest BCUT2D eigenvalue weighted by Crippen LogP contribution is -2.49. The number of carboxylic acid groups (broad SMARTS) is 4. The van der Waals surface area contributed by atoms with E-state index in [9.17, 15) is 68.4 Å². The molecule has 0 radical (unpaired) electrons. The van der Waals surface area contributed by atoms with E-state index in [4.69, 9.17) is 4.74 Å². The number of ether oxygens (including phenoxy) is 1. The molecule has 0 aliphatic carbocycles. The third kappa shape index (κ3) is 24.8. The quantitative estimate of drug-likeness (QED) is 0.0301. The van der Waals surface area contributed by atoms with Crippen molar-refractivity contribution in [1.82, 2.24) is 45.8 Å². The first-order chi connectivity index (χ1) is 34.8. The highest BCUT2D eigenvalue weighted by molar-refractivity contribution is 6.00. The monoisotopic (exact) mass is 1030 g/mol. The molecule has 0 spiro atoms. The Balaban J connectivity index is 1.54. The van der Waals surface area contributed by atoms with E-state index in [0.29, 0.717) is 32.4 Å². The Kier molecular flexibility index (Phi) is 27.1. The van der Waals surface area contributed by atoms with Gasteiger partial charge in [-0.05, 0) is 56.4 Å². The van der Waals surface area contributed by atoms with E-state index in [2.05, 4.69) is 21.3 Å². The summed E-state index contributed by atoms with van der Waals surface area (Å²) in [7, 11) is 0. The molecule has 3 rings (SSSR count). The molecule has 1 aliphatic heterocycles. The molecule has 402 valence electrons. The zero-order valence-electron chi connectivity index (χ0n) is 41.6. The average Bonchev–Trinajstić information content (AvgIpc) is 3.33. The number of carboxylic acids is 4. The summed E-state index contributed by atoms with van der Waals surface area (Å²) in [5.41, 5.74) is 2.15. The van der Waals surface area contributed by atoms with E-state index in [1.165, 1.54) is 24.3 Å². The second kappa shape index (κ2) is 32.9. The number of ketones is 1. The molecule has 0 bridgehead atoms. The van der Waals surface area contributed by atoms with E-state index in [0.717, 1.165) is 11.1 Å². The van der Waals surface area contributed by atoms with Crippen molar-refractivity contribution in [2.45, 2.75) is 77.6 Å². The maximum Gasteiger partial charge on any atom is 0.326 e. The minimum atomic E-state index is -1.20. The average molecular weight is 1030 g/mol. The SMILES string of the molecule is CCC[C@H](NC(=O)N[C@@H](CCCCN(Cc1ccc(C)cc1)C(=O)CNC(=O)c1cccc(C(=O)NCCCC(=O)CN2CCN(CC(=O)O)CCN(CC(=O)O)CCN(CC(=O)O)CC2)c1)OC=O)C(=O)O. The molecule has 0 unspecified atom stereocenters. The summed E-state index contributed by atoms with van der Waals surface area (Å²) in [5, 5.41) is 47.9. The number of hydrogen-bond donors (Lipinski definition) is 8. The molecule has 24 nitrogen and oxygen atoms in total. The van der Waals surface area contributed by atoms with Gasteiger partial charge in [0.15, 0.2) is 6.23 Å². The highest BCUT2D eigenvalue weighted by atomic mass is 16.5. The largest absolute Gasteiger partial charge is 0.480 e. The van der Waals surface area contributed by atoms with Gasteiger partial charge in [-0.25, -0.2) is 9.59 Å². The predicted molar refractivity (Wildman–Crippen MR) is 263 cm³/mol. The molecular formula is C49H71N9O15. The topological polar surface area (TPSA) is 325 Å². The van der Waals surface area contributed by atoms with Gasteiger partial charge >= 0.3 is 29.9 Å². The van der Waals surface area contributed by atoms with Gasteiger partial charge in [0.25, 0.3) is 18.3 Å². The third-order valence-corrected chi connectivity index (χ3v) is 11.8. The Morgan fingerprint density at radius 2 is 1.19 bits per heavy atom. The zero-order valence-corrected chi connectivity index (χ0v) is 41.6. The molecule has 2 aromatic rings. The molecule has 2 aromatic carbocycles. The highest BCUT2D eigenvalue weighted by Crippen LogP contribution is 2.12. The zero-order chi connectivity index (χ0) is 53.7. The van der Waals surface area contributed by atoms with Crippen LogP contribution in [0.25, 0.3) is 0 Å². The van der Waals surface area contributed by atoms with Crippen molar-refractivity contribution in [3.63, 3.8) is 0 Å². The molecule has 5 amide bonds. The number of hydrogen-bond acceptors (Lipinski definition) is 15. The van der Waals surface area contributed by atoms with Crippen LogP contribution in [-0.2, 0) is 44.8 Å². The van der Waals surface area contributed by atoms with Crippen LogP contribution in [0.4, 0.5) is 4.79 Å². The van der Waals surface area contributed by atoms with E-state index >= 15 is 0 Å². The summed E-state index contributed by atoms with van der Waals surface area (Å²) in [5.74, 6) is -6.03. The van der Waals surface area contributed by atoms with Crippen molar-refractivity contribution in [3.05, 3.63) is 70.8 Å². The molecule has 73 heavy (non-hydrogen) atoms. The summed E-state index contributed by atoms with van der Waals surface area (Å²) in [6.07, 6.45) is 1.01. The lowest BCUT2D eigenvalue weighted by Gasteiger charge is -2.32. The number of unbranched alkanes of at least 4 members (excludes halogenated alkanes) is 1. The van der Waals surface area contributed by atoms with Crippen LogP contribution in [0.5, 0.6) is 0 Å². The molecule has 1 saturated heterocycles. The van der Waals surface area contributed by atoms with Crippen molar-refractivity contribution >= 4 is 59.9 Å². The Hall–Kier alpha value is -7.02. The Morgan fingerprint density at radius 1 is 0.671 bits per heavy atom. The van der Waals surface area contributed by atoms with Crippen LogP contribution in [0, 0.1) is 6.92 Å². The van der Waals surface area contributed by atoms with Crippen molar-refractivity contribution in [2.24, 2.45) is 0 Å². The number of benzene rings is 2. The maximum atomic E-state index is 13.6. The summed E-state index contributed by atoms with van der Waals surface area (Å²) < 4.78 is 5.00. The second-order valence-corrected chi connectivity index (χ2v) is 17.8. The molecule has 8 N–H and O–H groups in total. The second-order valence-electron chi connectivity index (χ2n) is 17.8. The van der Waals surface area contributed by atoms with Crippen LogP contribution in [0.3, 0.4) is 0 Å². The van der Waals surface area contributed by atoms with Gasteiger partial charge in [-0.1, -0.05) is 49.2 Å². The highest BCUT2D eigenvalue weighted by Gasteiger charge is 2.24. The third-order valence-electron chi connectivity index (χ3n) is 11.8. The van der Waals surface area contributed by atoms with Gasteiger partial charge in [0.05, 0.1) is 32.7 Å². The fourth-order valence-electron chi connectivity index (χ4n) is 7.85. The maximum absolute atomic E-state index is 13.6. The molecule has 1 fully saturated rings. The number of Topliss-reactive ketones (excluding diaryl/α,β-unsaturated/α-hetero) is 1. The van der Waals surface area contributed by atoms with Gasteiger partial charge in [-0.3, -0.25) is 58.0 Å². The van der Waals surface area contributed by atoms with Crippen molar-refractivity contribution < 1.29 is 73.1 Å². The minimum absolute atomic E-state index is 0.00000950. The standard InChI is InChI=1S/C49H71N9O15/c1-3-8-40(48(70)71)52-49(72)53-41(73-34-59)12-4-5-18-58(29-36-15-13-35(2)14-16-36)42(61)28-51-47(69)38-10-6-9-37(27-38)46(68)50-17-7-11-39(60)30-54-19-21-55(31-43(62)63)23-25-57(33-45(66)67)26-24-56(22-20-54)32-44(64)65/h6,9-10,13-16,27,34,40-41H,3-5,7-8,11-12,17-26,28-33H2,1-2H3,(H,50,68)(H,51,69)(H,62,63)(H,64,65)(H,66,67)(H,70,71)(H2,52,53,72)/t40-,41+/m0/s1. The first kappa shape index (κ1) is 60.3. The van der Waals surface area contributed by atoms with Crippen LogP contribution < -0.4 is 21.3 Å². The van der Waals surface area contributed by atoms with E-state index in [1.54, 1.807) is 26.5 Å². The summed E-state index contributed by atoms with van der Waals surface area (Å²) in [6.45, 7) is 5.33. The van der Waals surface area contributed by atoms with Gasteiger partial charge < -0.3 is 51.3 Å². The minimum Gasteiger partial charge on any atom is -0.480 e. The van der Waals surface area contributed by atoms with Gasteiger partial charge in [-0.15, -0.1) is 0 Å². The van der Waals surface area contributed by atoms with Crippen LogP contribution >= 0.6 is 0 Å². The summed E-state index contributed by atoms with van der Waals surface area (Å²) in [4.78, 5) is 131. The number of aryl methyl sites for hydroxylation is 1. The van der Waals surface area contributed by atoms with Crippen molar-refractivity contribution in [3.8, 4) is 0 Å². The summed E-state index contributed by atoms with van der Waals surface area (Å²) >= 11 is 0. The number of carbonyl (C=O) groups excluding carboxylic acids is 6. The number of carbonyl (C=O) groups is 10. The molecule has 0 saturated carbocycles. The molecule has 0 aromatic heterocycles. The van der Waals surface area contributed by atoms with Crippen molar-refractivity contribution in [1.29, 1.82) is 0 Å². The first-order valence-corrected chi connectivity index (χ1v) is 24.3. The number of nitrogens with one attached hydrogen (secondary N) is 4. The fraction of sp³-hybridized carbons (Fsp3) is 0.551. The molecule has 1 heterocycles. The number of urea groups is 1. The number of aliphatic carboxylic acids is 4. The van der Waals surface area contributed by atoms with Gasteiger partial charge in [0.2, 0.25) is 5.91 Å². The lowest BCUT2D eigenvalue weighted by molar-refractivity contribution is -0.140. The normalized spacial score (nSPS) is 15.0. The number of rotatable bonds is 30. The van der Waals surface area contributed by atoms with Gasteiger partial charge in [-0.2, -0.15) is 0 Å². The van der Waals surface area contributed by atoms with Gasteiger partial charge in [0, 0.05) is 96.0 Å². The molecule has 1 aliphatic rings. The van der Waals surface area contributed by atoms with Crippen LogP contribution in [0.2, 0.25) is 0 Å². The van der Waals surface area contributed by atoms with E-state index < -0.39 is 59.9 Å². The predicted octanol–water partition coefficient (Wildman–Crippen LogP) is 0.530. The number of nitrogens with zero attached hydrogens (tertiary/aromatic N) is 5. The van der Waals surface area contributed by atoms with Crippen LogP contribution in [0.1, 0.15) is 83.7 Å². The smallest absolute Gasteiger partial charge is 0.326 e. The molecule has 24 heteroatoms. The van der Waals surface area contributed by atoms with Crippen LogP contribution in [-0.4, -0.2) is 215 Å². The van der Waals surface area contributed by atoms with Crippen molar-refractivity contribution in [2.75, 3.05) is 98.2 Å². The fourth-order valence-corrected chi connectivity index (χ4v) is 7.85. The number of amides is 5. The van der Waals surface area contributed by atoms with E-state index in [1.807, 2.05) is 36.1 Å². The van der Waals surface area contributed by atoms with Gasteiger partial charge in [0.1, 0.15) is 11.8 Å². The Labute approximate surface area is 424 Å². The first-order valence-electron chi connectivity index (χ1n) is 24.3. The summed E-state index contributed by atoms with van der Waals surface area (Å²) in [6, 6.07) is 11.5. The molecule has 2 atom stereocenters. The Bertz CT molecular complexity index is 2130. The van der Waals surface area contributed by atoms with Crippen LogP contribution in [0.15, 0.2) is 48.5 Å². The van der Waals surface area contributed by atoms with E-state index in [-0.39, 0.29) is 141 Å². The lowest BCUT2D eigenvalue weighted by atomic mass is 10.1.